The summed E-state index contributed by atoms with van der Waals surface area (Å²) in [4.78, 5) is 29.3. The molecule has 0 unspecified atom stereocenters. The Labute approximate surface area is 194 Å². The zero-order valence-electron chi connectivity index (χ0n) is 18.2. The Hall–Kier alpha value is -4.86. The van der Waals surface area contributed by atoms with Gasteiger partial charge in [-0.25, -0.2) is 9.97 Å². The third kappa shape index (κ3) is 3.88. The van der Waals surface area contributed by atoms with Crippen LogP contribution in [0.25, 0.3) is 33.4 Å². The number of amides is 1. The highest BCUT2D eigenvalue weighted by molar-refractivity contribution is 6.05. The summed E-state index contributed by atoms with van der Waals surface area (Å²) in [6, 6.07) is 11.2. The summed E-state index contributed by atoms with van der Waals surface area (Å²) >= 11 is 0. The van der Waals surface area contributed by atoms with Gasteiger partial charge in [-0.2, -0.15) is 10.1 Å². The number of carbonyl (C=O) groups is 1. The monoisotopic (exact) mass is 452 g/mol. The van der Waals surface area contributed by atoms with Crippen molar-refractivity contribution in [3.63, 3.8) is 0 Å². The minimum Gasteiger partial charge on any atom is -0.459 e. The number of nitrogens with two attached hydrogens (primary N) is 2. The van der Waals surface area contributed by atoms with Gasteiger partial charge in [0.15, 0.2) is 5.69 Å². The van der Waals surface area contributed by atoms with Crippen LogP contribution in [0, 0.1) is 6.92 Å². The molecule has 0 atom stereocenters. The number of fused-ring (bicyclic) bond motifs is 1. The van der Waals surface area contributed by atoms with Crippen molar-refractivity contribution in [2.45, 2.75) is 13.5 Å². The van der Waals surface area contributed by atoms with Crippen molar-refractivity contribution < 1.29 is 9.53 Å². The second-order valence-corrected chi connectivity index (χ2v) is 7.64. The highest BCUT2D eigenvalue weighted by Crippen LogP contribution is 2.37. The maximum absolute atomic E-state index is 12.2. The molecule has 0 saturated heterocycles. The third-order valence-electron chi connectivity index (χ3n) is 5.38. The lowest BCUT2D eigenvalue weighted by Gasteiger charge is -2.15. The minimum absolute atomic E-state index is 0.0381. The van der Waals surface area contributed by atoms with E-state index in [1.165, 1.54) is 0 Å². The number of aromatic nitrogens is 6. The van der Waals surface area contributed by atoms with Crippen molar-refractivity contribution in [3.05, 3.63) is 78.0 Å². The average molecular weight is 452 g/mol. The average Bonchev–Trinajstić information content (AvgIpc) is 3.33. The van der Waals surface area contributed by atoms with Crippen molar-refractivity contribution in [2.75, 3.05) is 5.73 Å². The molecule has 4 aromatic heterocycles. The molecule has 5 rings (SSSR count). The molecule has 0 bridgehead atoms. The van der Waals surface area contributed by atoms with Crippen LogP contribution in [0.1, 0.15) is 21.6 Å². The van der Waals surface area contributed by atoms with Crippen LogP contribution in [0.4, 0.5) is 5.69 Å². The molecule has 0 spiro atoms. The number of nitrogen functional groups attached to an aromatic ring is 1. The summed E-state index contributed by atoms with van der Waals surface area (Å²) < 4.78 is 5.72. The van der Waals surface area contributed by atoms with Crippen LogP contribution in [0.15, 0.2) is 61.2 Å². The maximum atomic E-state index is 12.2. The molecule has 10 heteroatoms. The van der Waals surface area contributed by atoms with Crippen LogP contribution in [0.5, 0.6) is 6.01 Å². The van der Waals surface area contributed by atoms with Gasteiger partial charge in [0.25, 0.3) is 5.91 Å². The van der Waals surface area contributed by atoms with E-state index in [1.54, 1.807) is 36.9 Å². The quantitative estimate of drug-likeness (QED) is 0.354. The summed E-state index contributed by atoms with van der Waals surface area (Å²) in [5.41, 5.74) is 17.1. The van der Waals surface area contributed by atoms with E-state index in [1.807, 2.05) is 31.2 Å². The molecule has 0 saturated carbocycles. The molecule has 0 aliphatic heterocycles. The first-order chi connectivity index (χ1) is 16.5. The van der Waals surface area contributed by atoms with Gasteiger partial charge in [0.05, 0.1) is 28.8 Å². The number of nitrogens with one attached hydrogen (secondary N) is 1. The normalized spacial score (nSPS) is 11.0. The number of anilines is 1. The number of hydrogen-bond donors (Lipinski definition) is 3. The maximum Gasteiger partial charge on any atom is 0.317 e. The SMILES string of the molecule is Cc1ccc2[nH]ncc2c1-c1cc(-c2ccnc(OCc3cccnc3)n2)nc(C(N)=O)c1N. The predicted octanol–water partition coefficient (Wildman–Crippen LogP) is 3.05. The van der Waals surface area contributed by atoms with Crippen molar-refractivity contribution >= 4 is 22.5 Å². The predicted molar refractivity (Wildman–Crippen MR) is 127 cm³/mol. The fourth-order valence-electron chi connectivity index (χ4n) is 3.75. The molecule has 5 aromatic rings. The molecule has 0 aliphatic rings. The molecule has 0 radical (unpaired) electrons. The molecule has 0 fully saturated rings. The molecule has 0 aliphatic carbocycles. The van der Waals surface area contributed by atoms with E-state index in [0.29, 0.717) is 17.0 Å². The molecule has 4 heterocycles. The summed E-state index contributed by atoms with van der Waals surface area (Å²) in [6.45, 7) is 2.21. The number of benzene rings is 1. The number of aromatic amines is 1. The van der Waals surface area contributed by atoms with Crippen LogP contribution in [-0.2, 0) is 6.61 Å². The van der Waals surface area contributed by atoms with Crippen LogP contribution in [0.3, 0.4) is 0 Å². The molecule has 1 aromatic carbocycles. The zero-order chi connectivity index (χ0) is 23.7. The molecule has 1 amide bonds. The zero-order valence-corrected chi connectivity index (χ0v) is 18.2. The molecule has 5 N–H and O–H groups in total. The second-order valence-electron chi connectivity index (χ2n) is 7.64. The minimum atomic E-state index is -0.736. The number of hydrogen-bond acceptors (Lipinski definition) is 8. The van der Waals surface area contributed by atoms with E-state index in [0.717, 1.165) is 27.6 Å². The number of rotatable bonds is 6. The van der Waals surface area contributed by atoms with Gasteiger partial charge in [-0.1, -0.05) is 12.1 Å². The Morgan fingerprint density at radius 3 is 2.76 bits per heavy atom. The van der Waals surface area contributed by atoms with Crippen molar-refractivity contribution in [2.24, 2.45) is 5.73 Å². The lowest BCUT2D eigenvalue weighted by atomic mass is 9.94. The number of primary amides is 1. The summed E-state index contributed by atoms with van der Waals surface area (Å²) in [7, 11) is 0. The Morgan fingerprint density at radius 2 is 1.97 bits per heavy atom. The van der Waals surface area contributed by atoms with Crippen molar-refractivity contribution in [1.29, 1.82) is 0 Å². The Balaban J connectivity index is 1.60. The van der Waals surface area contributed by atoms with Crippen LogP contribution >= 0.6 is 0 Å². The molecular formula is C24H20N8O2. The molecule has 34 heavy (non-hydrogen) atoms. The van der Waals surface area contributed by atoms with Gasteiger partial charge in [-0.3, -0.25) is 14.9 Å². The number of pyridine rings is 2. The van der Waals surface area contributed by atoms with Gasteiger partial charge in [0.1, 0.15) is 6.61 Å². The third-order valence-corrected chi connectivity index (χ3v) is 5.38. The highest BCUT2D eigenvalue weighted by Gasteiger charge is 2.20. The van der Waals surface area contributed by atoms with E-state index >= 15 is 0 Å². The fourth-order valence-corrected chi connectivity index (χ4v) is 3.75. The van der Waals surface area contributed by atoms with Crippen LogP contribution < -0.4 is 16.2 Å². The van der Waals surface area contributed by atoms with Crippen molar-refractivity contribution in [1.82, 2.24) is 30.1 Å². The summed E-state index contributed by atoms with van der Waals surface area (Å²) in [6.07, 6.45) is 6.67. The Morgan fingerprint density at radius 1 is 1.09 bits per heavy atom. The highest BCUT2D eigenvalue weighted by atomic mass is 16.5. The fraction of sp³-hybridized carbons (Fsp3) is 0.0833. The molecule has 168 valence electrons. The number of aryl methyl sites for hydroxylation is 1. The van der Waals surface area contributed by atoms with Gasteiger partial charge >= 0.3 is 6.01 Å². The van der Waals surface area contributed by atoms with Crippen molar-refractivity contribution in [3.8, 4) is 28.5 Å². The number of H-pyrrole nitrogens is 1. The van der Waals surface area contributed by atoms with Crippen LogP contribution in [0.2, 0.25) is 0 Å². The first-order valence-corrected chi connectivity index (χ1v) is 10.4. The topological polar surface area (TPSA) is 159 Å². The lowest BCUT2D eigenvalue weighted by Crippen LogP contribution is -2.17. The lowest BCUT2D eigenvalue weighted by molar-refractivity contribution is 0.0996. The summed E-state index contributed by atoms with van der Waals surface area (Å²) in [5.74, 6) is -0.736. The Kier molecular flexibility index (Phi) is 5.30. The standard InChI is InChI=1S/C24H20N8O2/c1-13-4-5-17-16(11-29-32-17)20(13)15-9-19(30-22(21(15)25)23(26)33)18-6-8-28-24(31-18)34-12-14-3-2-7-27-10-14/h2-11H,12,25H2,1H3,(H2,26,33)(H,29,32). The van der Waals surface area contributed by atoms with Gasteiger partial charge in [-0.05, 0) is 42.3 Å². The molecular weight excluding hydrogens is 432 g/mol. The van der Waals surface area contributed by atoms with E-state index in [4.69, 9.17) is 16.2 Å². The van der Waals surface area contributed by atoms with Gasteiger partial charge in [0, 0.05) is 35.1 Å². The smallest absolute Gasteiger partial charge is 0.317 e. The second kappa shape index (κ2) is 8.58. The number of nitrogens with zero attached hydrogens (tertiary/aromatic N) is 5. The van der Waals surface area contributed by atoms with Gasteiger partial charge in [0.2, 0.25) is 0 Å². The molecule has 10 nitrogen and oxygen atoms in total. The number of ether oxygens (including phenoxy) is 1. The first-order valence-electron chi connectivity index (χ1n) is 10.4. The largest absolute Gasteiger partial charge is 0.459 e. The van der Waals surface area contributed by atoms with Gasteiger partial charge in [-0.15, -0.1) is 0 Å². The van der Waals surface area contributed by atoms with Gasteiger partial charge < -0.3 is 16.2 Å². The van der Waals surface area contributed by atoms with E-state index in [9.17, 15) is 4.79 Å². The van der Waals surface area contributed by atoms with E-state index in [-0.39, 0.29) is 24.0 Å². The Bertz CT molecular complexity index is 1510. The first kappa shape index (κ1) is 21.0. The van der Waals surface area contributed by atoms with Crippen LogP contribution in [-0.4, -0.2) is 36.0 Å². The number of carbonyl (C=O) groups excluding carboxylic acids is 1. The summed E-state index contributed by atoms with van der Waals surface area (Å²) in [5, 5.41) is 7.96. The van der Waals surface area contributed by atoms with E-state index in [2.05, 4.69) is 30.1 Å². The van der Waals surface area contributed by atoms with E-state index < -0.39 is 5.91 Å².